The SMILES string of the molecule is Cc1c(C(=O)N(Cc2cccnc2)c2nc3c(F)cc(F)cc3s2)cccc1[N+](=O)[O-]. The molecule has 2 heterocycles. The Morgan fingerprint density at radius 2 is 2.03 bits per heavy atom. The van der Waals surface area contributed by atoms with Crippen LogP contribution < -0.4 is 4.90 Å². The van der Waals surface area contributed by atoms with Crippen molar-refractivity contribution in [3.05, 3.63) is 93.3 Å². The van der Waals surface area contributed by atoms with Crippen LogP contribution in [-0.4, -0.2) is 20.8 Å². The van der Waals surface area contributed by atoms with Gasteiger partial charge >= 0.3 is 0 Å². The average Bonchev–Trinajstić information content (AvgIpc) is 3.16. The van der Waals surface area contributed by atoms with Crippen molar-refractivity contribution in [1.82, 2.24) is 9.97 Å². The molecule has 0 aliphatic heterocycles. The molecule has 1 amide bonds. The van der Waals surface area contributed by atoms with Crippen LogP contribution in [0.3, 0.4) is 0 Å². The summed E-state index contributed by atoms with van der Waals surface area (Å²) >= 11 is 0.952. The van der Waals surface area contributed by atoms with Gasteiger partial charge in [0, 0.05) is 35.7 Å². The molecular formula is C21H14F2N4O3S. The van der Waals surface area contributed by atoms with Crippen LogP contribution in [0.25, 0.3) is 10.2 Å². The first-order chi connectivity index (χ1) is 14.8. The van der Waals surface area contributed by atoms with Crippen LogP contribution in [0.1, 0.15) is 21.5 Å². The van der Waals surface area contributed by atoms with E-state index in [0.717, 1.165) is 23.5 Å². The average molecular weight is 440 g/mol. The van der Waals surface area contributed by atoms with Gasteiger partial charge in [-0.1, -0.05) is 23.5 Å². The maximum absolute atomic E-state index is 14.2. The van der Waals surface area contributed by atoms with Gasteiger partial charge in [-0.15, -0.1) is 0 Å². The Labute approximate surface area is 178 Å². The molecule has 4 rings (SSSR count). The molecule has 31 heavy (non-hydrogen) atoms. The lowest BCUT2D eigenvalue weighted by Gasteiger charge is -2.21. The van der Waals surface area contributed by atoms with Gasteiger partial charge in [0.25, 0.3) is 11.6 Å². The summed E-state index contributed by atoms with van der Waals surface area (Å²) in [5.74, 6) is -2.14. The fourth-order valence-electron chi connectivity index (χ4n) is 3.16. The van der Waals surface area contributed by atoms with E-state index in [1.54, 1.807) is 24.5 Å². The first-order valence-electron chi connectivity index (χ1n) is 9.05. The molecule has 0 N–H and O–H groups in total. The normalized spacial score (nSPS) is 10.9. The van der Waals surface area contributed by atoms with Crippen molar-refractivity contribution in [2.24, 2.45) is 0 Å². The number of amides is 1. The predicted molar refractivity (Wildman–Crippen MR) is 112 cm³/mol. The number of carbonyl (C=O) groups is 1. The number of nitro benzene ring substituents is 1. The number of anilines is 1. The summed E-state index contributed by atoms with van der Waals surface area (Å²) in [5.41, 5.74) is 0.742. The van der Waals surface area contributed by atoms with Crippen LogP contribution >= 0.6 is 11.3 Å². The predicted octanol–water partition coefficient (Wildman–Crippen LogP) is 5.03. The summed E-state index contributed by atoms with van der Waals surface area (Å²) in [5, 5.41) is 11.4. The minimum atomic E-state index is -0.835. The molecule has 0 spiro atoms. The van der Waals surface area contributed by atoms with Crippen LogP contribution in [0.4, 0.5) is 19.6 Å². The van der Waals surface area contributed by atoms with Crippen LogP contribution in [0, 0.1) is 28.7 Å². The zero-order chi connectivity index (χ0) is 22.1. The van der Waals surface area contributed by atoms with Gasteiger partial charge in [-0.05, 0) is 30.7 Å². The smallest absolute Gasteiger partial charge is 0.273 e. The quantitative estimate of drug-likeness (QED) is 0.321. The van der Waals surface area contributed by atoms with Crippen LogP contribution in [0.15, 0.2) is 54.9 Å². The van der Waals surface area contributed by atoms with E-state index >= 15 is 0 Å². The fourth-order valence-corrected chi connectivity index (χ4v) is 4.16. The van der Waals surface area contributed by atoms with Gasteiger partial charge in [0.2, 0.25) is 0 Å². The highest BCUT2D eigenvalue weighted by Crippen LogP contribution is 2.33. The molecule has 4 aromatic rings. The molecule has 0 radical (unpaired) electrons. The number of thiazole rings is 1. The van der Waals surface area contributed by atoms with E-state index in [4.69, 9.17) is 0 Å². The van der Waals surface area contributed by atoms with E-state index in [-0.39, 0.29) is 38.7 Å². The lowest BCUT2D eigenvalue weighted by molar-refractivity contribution is -0.385. The molecule has 2 aromatic heterocycles. The number of halogens is 2. The molecule has 0 saturated heterocycles. The third-order valence-electron chi connectivity index (χ3n) is 4.67. The Bertz CT molecular complexity index is 1310. The number of carbonyl (C=O) groups excluding carboxylic acids is 1. The topological polar surface area (TPSA) is 89.2 Å². The Kier molecular flexibility index (Phi) is 5.38. The fraction of sp³-hybridized carbons (Fsp3) is 0.0952. The van der Waals surface area contributed by atoms with Crippen molar-refractivity contribution in [2.45, 2.75) is 13.5 Å². The lowest BCUT2D eigenvalue weighted by atomic mass is 10.1. The van der Waals surface area contributed by atoms with E-state index in [0.29, 0.717) is 5.56 Å². The summed E-state index contributed by atoms with van der Waals surface area (Å²) in [7, 11) is 0. The van der Waals surface area contributed by atoms with E-state index in [2.05, 4.69) is 9.97 Å². The first-order valence-corrected chi connectivity index (χ1v) is 9.87. The lowest BCUT2D eigenvalue weighted by Crippen LogP contribution is -2.31. The molecule has 156 valence electrons. The zero-order valence-corrected chi connectivity index (χ0v) is 16.9. The minimum Gasteiger partial charge on any atom is -0.279 e. The number of rotatable bonds is 5. The number of fused-ring (bicyclic) bond motifs is 1. The summed E-state index contributed by atoms with van der Waals surface area (Å²) in [4.78, 5) is 33.7. The van der Waals surface area contributed by atoms with E-state index in [9.17, 15) is 23.7 Å². The van der Waals surface area contributed by atoms with Gasteiger partial charge < -0.3 is 0 Å². The van der Waals surface area contributed by atoms with Crippen LogP contribution in [0.2, 0.25) is 0 Å². The molecular weight excluding hydrogens is 426 g/mol. The maximum Gasteiger partial charge on any atom is 0.273 e. The monoisotopic (exact) mass is 440 g/mol. The van der Waals surface area contributed by atoms with Gasteiger partial charge in [-0.2, -0.15) is 0 Å². The second kappa shape index (κ2) is 8.15. The summed E-state index contributed by atoms with van der Waals surface area (Å²) < 4.78 is 28.1. The number of pyridine rings is 1. The third kappa shape index (κ3) is 3.97. The molecule has 0 aliphatic carbocycles. The van der Waals surface area contributed by atoms with Crippen LogP contribution in [-0.2, 0) is 6.54 Å². The third-order valence-corrected chi connectivity index (χ3v) is 5.70. The Balaban J connectivity index is 1.84. The molecule has 7 nitrogen and oxygen atoms in total. The summed E-state index contributed by atoms with van der Waals surface area (Å²) in [6, 6.07) is 9.54. The van der Waals surface area contributed by atoms with Crippen molar-refractivity contribution in [1.29, 1.82) is 0 Å². The molecule has 0 saturated carbocycles. The highest BCUT2D eigenvalue weighted by atomic mass is 32.1. The number of hydrogen-bond donors (Lipinski definition) is 0. The van der Waals surface area contributed by atoms with Gasteiger partial charge in [0.15, 0.2) is 10.9 Å². The van der Waals surface area contributed by atoms with Crippen LogP contribution in [0.5, 0.6) is 0 Å². The van der Waals surface area contributed by atoms with Gasteiger partial charge in [-0.25, -0.2) is 13.8 Å². The second-order valence-electron chi connectivity index (χ2n) is 6.69. The molecule has 10 heteroatoms. The van der Waals surface area contributed by atoms with E-state index in [1.807, 2.05) is 0 Å². The van der Waals surface area contributed by atoms with Gasteiger partial charge in [-0.3, -0.25) is 24.8 Å². The van der Waals surface area contributed by atoms with Gasteiger partial charge in [0.05, 0.1) is 16.2 Å². The Morgan fingerprint density at radius 1 is 1.23 bits per heavy atom. The Hall–Kier alpha value is -3.79. The molecule has 2 aromatic carbocycles. The number of nitrogens with zero attached hydrogens (tertiary/aromatic N) is 4. The zero-order valence-electron chi connectivity index (χ0n) is 16.1. The number of benzene rings is 2. The van der Waals surface area contributed by atoms with E-state index in [1.165, 1.54) is 30.0 Å². The summed E-state index contributed by atoms with van der Waals surface area (Å²) in [6.45, 7) is 1.53. The standard InChI is InChI=1S/C21H14F2N4O3S/c1-12-15(5-2-6-17(12)27(29)30)20(28)26(11-13-4-3-7-24-10-13)21-25-19-16(23)8-14(22)9-18(19)31-21/h2-10H,11H2,1H3. The molecule has 0 bridgehead atoms. The first kappa shape index (κ1) is 20.5. The van der Waals surface area contributed by atoms with Crippen molar-refractivity contribution in [3.8, 4) is 0 Å². The van der Waals surface area contributed by atoms with Gasteiger partial charge in [0.1, 0.15) is 11.3 Å². The highest BCUT2D eigenvalue weighted by molar-refractivity contribution is 7.22. The number of hydrogen-bond acceptors (Lipinski definition) is 6. The number of aromatic nitrogens is 2. The molecule has 0 fully saturated rings. The van der Waals surface area contributed by atoms with Crippen molar-refractivity contribution < 1.29 is 18.5 Å². The minimum absolute atomic E-state index is 0.0404. The van der Waals surface area contributed by atoms with Crippen molar-refractivity contribution in [3.63, 3.8) is 0 Å². The molecule has 0 atom stereocenters. The van der Waals surface area contributed by atoms with Crippen molar-refractivity contribution in [2.75, 3.05) is 4.90 Å². The maximum atomic E-state index is 14.2. The second-order valence-corrected chi connectivity index (χ2v) is 7.70. The molecule has 0 unspecified atom stereocenters. The number of nitro groups is 1. The summed E-state index contributed by atoms with van der Waals surface area (Å²) in [6.07, 6.45) is 3.14. The highest BCUT2D eigenvalue weighted by Gasteiger charge is 2.26. The van der Waals surface area contributed by atoms with E-state index < -0.39 is 22.5 Å². The largest absolute Gasteiger partial charge is 0.279 e. The van der Waals surface area contributed by atoms with Crippen molar-refractivity contribution >= 4 is 38.3 Å². The molecule has 0 aliphatic rings. The Morgan fingerprint density at radius 3 is 2.74 bits per heavy atom.